The third-order valence-corrected chi connectivity index (χ3v) is 5.73. The Morgan fingerprint density at radius 2 is 1.73 bits per heavy atom. The van der Waals surface area contributed by atoms with Crippen LogP contribution in [0, 0.1) is 5.41 Å². The van der Waals surface area contributed by atoms with Crippen LogP contribution >= 0.6 is 12.4 Å². The van der Waals surface area contributed by atoms with E-state index < -0.39 is 0 Å². The first-order chi connectivity index (χ1) is 11.9. The highest BCUT2D eigenvalue weighted by Gasteiger charge is 2.38. The van der Waals surface area contributed by atoms with Crippen molar-refractivity contribution >= 4 is 18.2 Å². The van der Waals surface area contributed by atoms with Crippen LogP contribution in [0.15, 0.2) is 11.3 Å². The SMILES string of the molecule is CC(C)N1CN(CCCN2CCOCC2)CC2=C1CC(C)(C)CC2=O.Cl. The predicted octanol–water partition coefficient (Wildman–Crippen LogP) is 2.76. The zero-order valence-electron chi connectivity index (χ0n) is 16.9. The molecule has 2 heterocycles. The van der Waals surface area contributed by atoms with Gasteiger partial charge in [-0.1, -0.05) is 13.8 Å². The summed E-state index contributed by atoms with van der Waals surface area (Å²) >= 11 is 0. The van der Waals surface area contributed by atoms with Gasteiger partial charge < -0.3 is 9.64 Å². The molecule has 26 heavy (non-hydrogen) atoms. The fraction of sp³-hybridized carbons (Fsp3) is 0.850. The molecule has 0 unspecified atom stereocenters. The molecule has 1 aliphatic carbocycles. The summed E-state index contributed by atoms with van der Waals surface area (Å²) in [5.74, 6) is 0.370. The van der Waals surface area contributed by atoms with Crippen molar-refractivity contribution in [2.45, 2.75) is 53.0 Å². The minimum Gasteiger partial charge on any atom is -0.379 e. The zero-order valence-corrected chi connectivity index (χ0v) is 17.7. The maximum Gasteiger partial charge on any atom is 0.162 e. The molecule has 0 saturated carbocycles. The number of morpholine rings is 1. The summed E-state index contributed by atoms with van der Waals surface area (Å²) in [7, 11) is 0. The standard InChI is InChI=1S/C20H35N3O2.ClH/c1-16(2)23-15-22(7-5-6-21-8-10-25-11-9-21)14-17-18(23)12-20(3,4)13-19(17)24;/h16H,5-15H2,1-4H3;1H. The summed E-state index contributed by atoms with van der Waals surface area (Å²) in [5.41, 5.74) is 2.51. The fourth-order valence-electron chi connectivity index (χ4n) is 4.32. The lowest BCUT2D eigenvalue weighted by molar-refractivity contribution is -0.119. The molecule has 0 aromatic carbocycles. The van der Waals surface area contributed by atoms with Gasteiger partial charge in [-0.25, -0.2) is 0 Å². The van der Waals surface area contributed by atoms with Gasteiger partial charge >= 0.3 is 0 Å². The third-order valence-electron chi connectivity index (χ3n) is 5.73. The molecule has 6 heteroatoms. The van der Waals surface area contributed by atoms with Gasteiger partial charge in [-0.2, -0.15) is 0 Å². The van der Waals surface area contributed by atoms with Crippen molar-refractivity contribution in [2.24, 2.45) is 5.41 Å². The van der Waals surface area contributed by atoms with E-state index in [2.05, 4.69) is 42.4 Å². The lowest BCUT2D eigenvalue weighted by Gasteiger charge is -2.47. The Balaban J connectivity index is 0.00000243. The molecule has 0 atom stereocenters. The zero-order chi connectivity index (χ0) is 18.0. The van der Waals surface area contributed by atoms with Crippen LogP contribution in [0.1, 0.15) is 47.0 Å². The summed E-state index contributed by atoms with van der Waals surface area (Å²) in [5, 5.41) is 0. The number of ketones is 1. The van der Waals surface area contributed by atoms with Crippen molar-refractivity contribution in [1.82, 2.24) is 14.7 Å². The van der Waals surface area contributed by atoms with E-state index in [-0.39, 0.29) is 17.8 Å². The van der Waals surface area contributed by atoms with Crippen molar-refractivity contribution < 1.29 is 9.53 Å². The molecule has 3 rings (SSSR count). The first kappa shape index (κ1) is 21.7. The number of carbonyl (C=O) groups excluding carboxylic acids is 1. The van der Waals surface area contributed by atoms with Crippen molar-refractivity contribution in [2.75, 3.05) is 52.6 Å². The Labute approximate surface area is 165 Å². The van der Waals surface area contributed by atoms with Crippen LogP contribution in [0.2, 0.25) is 0 Å². The summed E-state index contributed by atoms with van der Waals surface area (Å²) in [6.07, 6.45) is 2.89. The molecule has 1 saturated heterocycles. The third kappa shape index (κ3) is 5.22. The Hall–Kier alpha value is -0.620. The number of allylic oxidation sites excluding steroid dienone is 1. The normalized spacial score (nSPS) is 24.7. The van der Waals surface area contributed by atoms with Crippen molar-refractivity contribution in [1.29, 1.82) is 0 Å². The number of ether oxygens (including phenoxy) is 1. The Kier molecular flexibility index (Phi) is 7.54. The van der Waals surface area contributed by atoms with E-state index in [1.165, 1.54) is 5.70 Å². The largest absolute Gasteiger partial charge is 0.379 e. The lowest BCUT2D eigenvalue weighted by Crippen LogP contribution is -2.51. The van der Waals surface area contributed by atoms with Gasteiger partial charge in [-0.15, -0.1) is 12.4 Å². The van der Waals surface area contributed by atoms with Gasteiger partial charge in [0.05, 0.1) is 19.9 Å². The second kappa shape index (κ2) is 9.05. The minimum atomic E-state index is 0. The summed E-state index contributed by atoms with van der Waals surface area (Å²) < 4.78 is 5.42. The van der Waals surface area contributed by atoms with Crippen LogP contribution in [-0.2, 0) is 9.53 Å². The van der Waals surface area contributed by atoms with Gasteiger partial charge in [0.15, 0.2) is 5.78 Å². The van der Waals surface area contributed by atoms with Gasteiger partial charge in [0, 0.05) is 49.9 Å². The van der Waals surface area contributed by atoms with E-state index >= 15 is 0 Å². The first-order valence-electron chi connectivity index (χ1n) is 9.90. The highest BCUT2D eigenvalue weighted by molar-refractivity contribution is 5.98. The van der Waals surface area contributed by atoms with Gasteiger partial charge in [0.25, 0.3) is 0 Å². The van der Waals surface area contributed by atoms with Crippen LogP contribution in [0.4, 0.5) is 0 Å². The quantitative estimate of drug-likeness (QED) is 0.727. The van der Waals surface area contributed by atoms with Crippen molar-refractivity contribution in [3.05, 3.63) is 11.3 Å². The molecule has 0 N–H and O–H groups in total. The van der Waals surface area contributed by atoms with Gasteiger partial charge in [-0.05, 0) is 38.6 Å². The average Bonchev–Trinajstić information content (AvgIpc) is 2.55. The topological polar surface area (TPSA) is 36.0 Å². The van der Waals surface area contributed by atoms with Gasteiger partial charge in [0.2, 0.25) is 0 Å². The maximum absolute atomic E-state index is 12.7. The summed E-state index contributed by atoms with van der Waals surface area (Å²) in [4.78, 5) is 20.2. The molecule has 0 spiro atoms. The van der Waals surface area contributed by atoms with E-state index in [0.29, 0.717) is 18.2 Å². The molecule has 150 valence electrons. The van der Waals surface area contributed by atoms with Crippen LogP contribution in [-0.4, -0.2) is 79.1 Å². The second-order valence-corrected chi connectivity index (χ2v) is 8.93. The molecule has 1 fully saturated rings. The molecular weight excluding hydrogens is 350 g/mol. The molecule has 5 nitrogen and oxygen atoms in total. The van der Waals surface area contributed by atoms with E-state index in [4.69, 9.17) is 4.74 Å². The number of hydrogen-bond donors (Lipinski definition) is 0. The lowest BCUT2D eigenvalue weighted by atomic mass is 9.74. The number of Topliss-reactive ketones (excluding diaryl/α,β-unsaturated/α-hetero) is 1. The molecule has 0 radical (unpaired) electrons. The molecular formula is C20H36ClN3O2. The van der Waals surface area contributed by atoms with Crippen LogP contribution in [0.25, 0.3) is 0 Å². The van der Waals surface area contributed by atoms with Crippen molar-refractivity contribution in [3.63, 3.8) is 0 Å². The molecule has 0 amide bonds. The van der Waals surface area contributed by atoms with E-state index in [1.807, 2.05) is 0 Å². The summed E-state index contributed by atoms with van der Waals surface area (Å²) in [6, 6.07) is 0.439. The van der Waals surface area contributed by atoms with E-state index in [1.54, 1.807) is 0 Å². The number of halogens is 1. The average molecular weight is 386 g/mol. The predicted molar refractivity (Wildman–Crippen MR) is 108 cm³/mol. The van der Waals surface area contributed by atoms with Crippen molar-refractivity contribution in [3.8, 4) is 0 Å². The number of hydrogen-bond acceptors (Lipinski definition) is 5. The van der Waals surface area contributed by atoms with Crippen LogP contribution in [0.3, 0.4) is 0 Å². The smallest absolute Gasteiger partial charge is 0.162 e. The fourth-order valence-corrected chi connectivity index (χ4v) is 4.32. The molecule has 2 aliphatic heterocycles. The monoisotopic (exact) mass is 385 g/mol. The molecule has 0 aromatic rings. The number of rotatable bonds is 5. The number of carbonyl (C=O) groups is 1. The Morgan fingerprint density at radius 3 is 2.38 bits per heavy atom. The molecule has 0 bridgehead atoms. The maximum atomic E-state index is 12.7. The highest BCUT2D eigenvalue weighted by Crippen LogP contribution is 2.40. The van der Waals surface area contributed by atoms with E-state index in [9.17, 15) is 4.79 Å². The molecule has 0 aromatic heterocycles. The van der Waals surface area contributed by atoms with Crippen LogP contribution in [0.5, 0.6) is 0 Å². The molecule has 3 aliphatic rings. The summed E-state index contributed by atoms with van der Waals surface area (Å²) in [6.45, 7) is 16.8. The number of nitrogens with zero attached hydrogens (tertiary/aromatic N) is 3. The second-order valence-electron chi connectivity index (χ2n) is 8.93. The highest BCUT2D eigenvalue weighted by atomic mass is 35.5. The first-order valence-corrected chi connectivity index (χ1v) is 9.90. The van der Waals surface area contributed by atoms with Crippen LogP contribution < -0.4 is 0 Å². The minimum absolute atomic E-state index is 0. The van der Waals surface area contributed by atoms with E-state index in [0.717, 1.165) is 71.0 Å². The Bertz CT molecular complexity index is 527. The van der Waals surface area contributed by atoms with Gasteiger partial charge in [0.1, 0.15) is 0 Å². The van der Waals surface area contributed by atoms with Gasteiger partial charge in [-0.3, -0.25) is 14.6 Å². The Morgan fingerprint density at radius 1 is 1.08 bits per heavy atom.